The maximum Gasteiger partial charge on any atom is 0.226 e. The van der Waals surface area contributed by atoms with Crippen LogP contribution in [0, 0.1) is 11.7 Å². The fourth-order valence-corrected chi connectivity index (χ4v) is 3.63. The Balaban J connectivity index is 1.36. The highest BCUT2D eigenvalue weighted by Gasteiger charge is 2.34. The Morgan fingerprint density at radius 2 is 2.12 bits per heavy atom. The fraction of sp³-hybridized carbons (Fsp3) is 0.350. The predicted octanol–water partition coefficient (Wildman–Crippen LogP) is 2.10. The minimum absolute atomic E-state index is 0.0243. The molecule has 0 bridgehead atoms. The van der Waals surface area contributed by atoms with Gasteiger partial charge in [0.05, 0.1) is 18.5 Å². The summed E-state index contributed by atoms with van der Waals surface area (Å²) in [5.74, 6) is 0.247. The zero-order chi connectivity index (χ0) is 17.9. The van der Waals surface area contributed by atoms with E-state index in [0.717, 1.165) is 24.2 Å². The van der Waals surface area contributed by atoms with E-state index in [-0.39, 0.29) is 29.8 Å². The van der Waals surface area contributed by atoms with Crippen LogP contribution in [-0.4, -0.2) is 25.1 Å². The molecule has 0 radical (unpaired) electrons. The van der Waals surface area contributed by atoms with Gasteiger partial charge in [0.15, 0.2) is 0 Å². The van der Waals surface area contributed by atoms with E-state index in [4.69, 9.17) is 4.74 Å². The molecule has 2 aliphatic rings. The first-order valence-electron chi connectivity index (χ1n) is 8.97. The van der Waals surface area contributed by atoms with Gasteiger partial charge in [-0.1, -0.05) is 30.3 Å². The van der Waals surface area contributed by atoms with Crippen LogP contribution in [0.2, 0.25) is 0 Å². The first-order chi connectivity index (χ1) is 12.7. The molecular formula is C20H22FN3O2. The van der Waals surface area contributed by atoms with Crippen LogP contribution < -0.4 is 20.9 Å². The van der Waals surface area contributed by atoms with Gasteiger partial charge >= 0.3 is 0 Å². The first-order valence-corrected chi connectivity index (χ1v) is 8.97. The number of ether oxygens (including phenoxy) is 1. The fourth-order valence-electron chi connectivity index (χ4n) is 3.63. The average Bonchev–Trinajstić information content (AvgIpc) is 3.16. The second-order valence-electron chi connectivity index (χ2n) is 6.80. The molecule has 2 aliphatic heterocycles. The SMILES string of the molecule is O=C(NC[C@H]1CCc2ccccc2O1)C1CNNC1c1cccc(F)c1. The lowest BCUT2D eigenvalue weighted by atomic mass is 9.94. The summed E-state index contributed by atoms with van der Waals surface area (Å²) < 4.78 is 19.5. The number of hydrogen-bond donors (Lipinski definition) is 3. The van der Waals surface area contributed by atoms with Gasteiger partial charge in [-0.25, -0.2) is 9.82 Å². The summed E-state index contributed by atoms with van der Waals surface area (Å²) in [6.07, 6.45) is 1.81. The van der Waals surface area contributed by atoms with Gasteiger partial charge in [-0.2, -0.15) is 0 Å². The minimum atomic E-state index is -0.301. The largest absolute Gasteiger partial charge is 0.488 e. The molecule has 1 saturated heterocycles. The van der Waals surface area contributed by atoms with E-state index in [1.807, 2.05) is 24.3 Å². The summed E-state index contributed by atoms with van der Waals surface area (Å²) in [6, 6.07) is 14.1. The third-order valence-corrected chi connectivity index (χ3v) is 5.03. The Morgan fingerprint density at radius 1 is 1.23 bits per heavy atom. The molecule has 4 rings (SSSR count). The van der Waals surface area contributed by atoms with E-state index in [1.54, 1.807) is 6.07 Å². The van der Waals surface area contributed by atoms with Gasteiger partial charge in [-0.3, -0.25) is 10.2 Å². The van der Waals surface area contributed by atoms with Gasteiger partial charge in [-0.15, -0.1) is 0 Å². The first kappa shape index (κ1) is 17.0. The summed E-state index contributed by atoms with van der Waals surface area (Å²) >= 11 is 0. The highest BCUT2D eigenvalue weighted by molar-refractivity contribution is 5.80. The van der Waals surface area contributed by atoms with E-state index in [2.05, 4.69) is 22.2 Å². The van der Waals surface area contributed by atoms with Crippen molar-refractivity contribution in [3.05, 3.63) is 65.5 Å². The zero-order valence-electron chi connectivity index (χ0n) is 14.4. The second kappa shape index (κ2) is 7.43. The van der Waals surface area contributed by atoms with Crippen LogP contribution in [-0.2, 0) is 11.2 Å². The molecule has 26 heavy (non-hydrogen) atoms. The molecule has 3 atom stereocenters. The zero-order valence-corrected chi connectivity index (χ0v) is 14.4. The molecule has 3 N–H and O–H groups in total. The standard InChI is InChI=1S/C20H22FN3O2/c21-15-6-3-5-14(10-15)19-17(12-23-24-19)20(25)22-11-16-9-8-13-4-1-2-7-18(13)26-16/h1-7,10,16-17,19,23-24H,8-9,11-12H2,(H,22,25)/t16-,17?,19?/m1/s1. The number of amides is 1. The third-order valence-electron chi connectivity index (χ3n) is 5.03. The number of fused-ring (bicyclic) bond motifs is 1. The van der Waals surface area contributed by atoms with Gasteiger partial charge < -0.3 is 10.1 Å². The van der Waals surface area contributed by atoms with Crippen molar-refractivity contribution in [3.63, 3.8) is 0 Å². The summed E-state index contributed by atoms with van der Waals surface area (Å²) in [5.41, 5.74) is 8.06. The van der Waals surface area contributed by atoms with Crippen molar-refractivity contribution in [1.82, 2.24) is 16.2 Å². The van der Waals surface area contributed by atoms with Gasteiger partial charge in [0.25, 0.3) is 0 Å². The van der Waals surface area contributed by atoms with Crippen molar-refractivity contribution in [2.45, 2.75) is 25.0 Å². The quantitative estimate of drug-likeness (QED) is 0.786. The summed E-state index contributed by atoms with van der Waals surface area (Å²) in [7, 11) is 0. The van der Waals surface area contributed by atoms with Crippen LogP contribution in [0.4, 0.5) is 4.39 Å². The molecule has 2 heterocycles. The van der Waals surface area contributed by atoms with Crippen LogP contribution in [0.25, 0.3) is 0 Å². The predicted molar refractivity (Wildman–Crippen MR) is 96.0 cm³/mol. The molecule has 0 aromatic heterocycles. The maximum absolute atomic E-state index is 13.5. The van der Waals surface area contributed by atoms with E-state index in [9.17, 15) is 9.18 Å². The lowest BCUT2D eigenvalue weighted by molar-refractivity contribution is -0.125. The van der Waals surface area contributed by atoms with Crippen LogP contribution in [0.1, 0.15) is 23.6 Å². The van der Waals surface area contributed by atoms with Gasteiger partial charge in [0.2, 0.25) is 5.91 Å². The number of aryl methyl sites for hydroxylation is 1. The second-order valence-corrected chi connectivity index (χ2v) is 6.80. The number of halogens is 1. The number of benzene rings is 2. The smallest absolute Gasteiger partial charge is 0.226 e. The molecule has 2 aromatic carbocycles. The molecular weight excluding hydrogens is 333 g/mol. The minimum Gasteiger partial charge on any atom is -0.488 e. The molecule has 2 aromatic rings. The highest BCUT2D eigenvalue weighted by Crippen LogP contribution is 2.28. The van der Waals surface area contributed by atoms with E-state index in [1.165, 1.54) is 17.7 Å². The average molecular weight is 355 g/mol. The van der Waals surface area contributed by atoms with E-state index >= 15 is 0 Å². The van der Waals surface area contributed by atoms with Gasteiger partial charge in [0, 0.05) is 6.54 Å². The molecule has 1 amide bonds. The number of para-hydroxylation sites is 1. The molecule has 6 heteroatoms. The number of carbonyl (C=O) groups is 1. The van der Waals surface area contributed by atoms with Crippen molar-refractivity contribution < 1.29 is 13.9 Å². The van der Waals surface area contributed by atoms with E-state index in [0.29, 0.717) is 13.1 Å². The topological polar surface area (TPSA) is 62.4 Å². The molecule has 5 nitrogen and oxygen atoms in total. The number of nitrogens with one attached hydrogen (secondary N) is 3. The summed E-state index contributed by atoms with van der Waals surface area (Å²) in [4.78, 5) is 12.7. The number of rotatable bonds is 4. The van der Waals surface area contributed by atoms with Crippen molar-refractivity contribution in [2.24, 2.45) is 5.92 Å². The molecule has 0 saturated carbocycles. The lowest BCUT2D eigenvalue weighted by Crippen LogP contribution is -2.41. The van der Waals surface area contributed by atoms with Crippen LogP contribution in [0.5, 0.6) is 5.75 Å². The Kier molecular flexibility index (Phi) is 4.86. The van der Waals surface area contributed by atoms with Crippen molar-refractivity contribution in [1.29, 1.82) is 0 Å². The van der Waals surface area contributed by atoms with Gasteiger partial charge in [-0.05, 0) is 42.2 Å². The summed E-state index contributed by atoms with van der Waals surface area (Å²) in [6.45, 7) is 0.973. The van der Waals surface area contributed by atoms with Crippen LogP contribution >= 0.6 is 0 Å². The molecule has 0 spiro atoms. The van der Waals surface area contributed by atoms with Gasteiger partial charge in [0.1, 0.15) is 17.7 Å². The van der Waals surface area contributed by atoms with Crippen LogP contribution in [0.3, 0.4) is 0 Å². The molecule has 1 fully saturated rings. The maximum atomic E-state index is 13.5. The molecule has 0 aliphatic carbocycles. The van der Waals surface area contributed by atoms with Crippen molar-refractivity contribution in [2.75, 3.05) is 13.1 Å². The number of hydrogen-bond acceptors (Lipinski definition) is 4. The normalized spacial score (nSPS) is 24.6. The third kappa shape index (κ3) is 3.57. The number of hydrazine groups is 1. The Labute approximate surface area is 151 Å². The molecule has 2 unspecified atom stereocenters. The lowest BCUT2D eigenvalue weighted by Gasteiger charge is -2.27. The highest BCUT2D eigenvalue weighted by atomic mass is 19.1. The monoisotopic (exact) mass is 355 g/mol. The molecule has 136 valence electrons. The van der Waals surface area contributed by atoms with Crippen molar-refractivity contribution >= 4 is 5.91 Å². The summed E-state index contributed by atoms with van der Waals surface area (Å²) in [5, 5.41) is 3.00. The van der Waals surface area contributed by atoms with Crippen molar-refractivity contribution in [3.8, 4) is 5.75 Å². The van der Waals surface area contributed by atoms with E-state index < -0.39 is 0 Å². The Hall–Kier alpha value is -2.44. The Bertz CT molecular complexity index is 798. The Morgan fingerprint density at radius 3 is 3.00 bits per heavy atom. The van der Waals surface area contributed by atoms with Crippen LogP contribution in [0.15, 0.2) is 48.5 Å². The number of carbonyl (C=O) groups excluding carboxylic acids is 1.